The van der Waals surface area contributed by atoms with E-state index in [1.165, 1.54) is 5.56 Å². The molecular weight excluding hydrogens is 273 g/mol. The van der Waals surface area contributed by atoms with E-state index in [1.807, 2.05) is 30.3 Å². The molecule has 2 aromatic rings. The molecular formula is C20H20FN. The predicted octanol–water partition coefficient (Wildman–Crippen LogP) is 4.02. The monoisotopic (exact) mass is 293 g/mol. The van der Waals surface area contributed by atoms with Crippen LogP contribution >= 0.6 is 0 Å². The van der Waals surface area contributed by atoms with E-state index >= 15 is 0 Å². The average molecular weight is 293 g/mol. The Kier molecular flexibility index (Phi) is 4.88. The molecule has 2 aromatic carbocycles. The van der Waals surface area contributed by atoms with Crippen LogP contribution in [0, 0.1) is 11.8 Å². The summed E-state index contributed by atoms with van der Waals surface area (Å²) in [7, 11) is 0. The van der Waals surface area contributed by atoms with Gasteiger partial charge in [0.05, 0.1) is 0 Å². The van der Waals surface area contributed by atoms with Crippen molar-refractivity contribution in [3.8, 4) is 11.8 Å². The molecule has 0 saturated carbocycles. The van der Waals surface area contributed by atoms with E-state index in [0.717, 1.165) is 30.8 Å². The molecule has 3 rings (SSSR count). The highest BCUT2D eigenvalue weighted by Crippen LogP contribution is 2.16. The Hall–Kier alpha value is -2.11. The van der Waals surface area contributed by atoms with Crippen LogP contribution in [0.25, 0.3) is 0 Å². The SMILES string of the molecule is FC1CCN(Cc2ccc(C#Cc3ccccc3)cc2)CC1. The molecule has 1 saturated heterocycles. The van der Waals surface area contributed by atoms with Gasteiger partial charge in [0.2, 0.25) is 0 Å². The van der Waals surface area contributed by atoms with E-state index in [-0.39, 0.29) is 0 Å². The molecule has 0 atom stereocenters. The second-order valence-electron chi connectivity index (χ2n) is 5.76. The highest BCUT2D eigenvalue weighted by molar-refractivity contribution is 5.43. The van der Waals surface area contributed by atoms with Gasteiger partial charge in [-0.1, -0.05) is 42.2 Å². The number of nitrogens with zero attached hydrogens (tertiary/aromatic N) is 1. The smallest absolute Gasteiger partial charge is 0.103 e. The number of halogens is 1. The summed E-state index contributed by atoms with van der Waals surface area (Å²) in [6.07, 6.45) is 0.730. The number of alkyl halides is 1. The first kappa shape index (κ1) is 14.8. The van der Waals surface area contributed by atoms with Gasteiger partial charge in [0, 0.05) is 30.8 Å². The summed E-state index contributed by atoms with van der Waals surface area (Å²) in [5, 5.41) is 0. The zero-order valence-electron chi connectivity index (χ0n) is 12.6. The lowest BCUT2D eigenvalue weighted by Crippen LogP contribution is -2.33. The van der Waals surface area contributed by atoms with E-state index < -0.39 is 6.17 Å². The lowest BCUT2D eigenvalue weighted by molar-refractivity contribution is 0.145. The van der Waals surface area contributed by atoms with E-state index in [0.29, 0.717) is 12.8 Å². The fraction of sp³-hybridized carbons (Fsp3) is 0.300. The summed E-state index contributed by atoms with van der Waals surface area (Å²) in [5.41, 5.74) is 3.32. The Labute approximate surface area is 131 Å². The van der Waals surface area contributed by atoms with Crippen LogP contribution in [0.3, 0.4) is 0 Å². The van der Waals surface area contributed by atoms with Crippen LogP contribution in [0.15, 0.2) is 54.6 Å². The summed E-state index contributed by atoms with van der Waals surface area (Å²) >= 11 is 0. The maximum Gasteiger partial charge on any atom is 0.103 e. The molecule has 0 unspecified atom stereocenters. The standard InChI is InChI=1S/C20H20FN/c21-20-12-14-22(15-13-20)16-19-10-8-18(9-11-19)7-6-17-4-2-1-3-5-17/h1-5,8-11,20H,12-16H2. The van der Waals surface area contributed by atoms with Crippen molar-refractivity contribution in [3.05, 3.63) is 71.3 Å². The Morgan fingerprint density at radius 3 is 2.09 bits per heavy atom. The molecule has 0 bridgehead atoms. The summed E-state index contributed by atoms with van der Waals surface area (Å²) in [5.74, 6) is 6.35. The van der Waals surface area contributed by atoms with E-state index in [4.69, 9.17) is 0 Å². The molecule has 0 aliphatic carbocycles. The van der Waals surface area contributed by atoms with Crippen LogP contribution in [0.2, 0.25) is 0 Å². The van der Waals surface area contributed by atoms with Crippen molar-refractivity contribution in [2.24, 2.45) is 0 Å². The molecule has 1 aliphatic heterocycles. The number of piperidine rings is 1. The fourth-order valence-corrected chi connectivity index (χ4v) is 2.68. The summed E-state index contributed by atoms with van der Waals surface area (Å²) in [6, 6.07) is 18.4. The van der Waals surface area contributed by atoms with Gasteiger partial charge in [0.1, 0.15) is 6.17 Å². The minimum absolute atomic E-state index is 0.605. The van der Waals surface area contributed by atoms with Gasteiger partial charge in [-0.25, -0.2) is 4.39 Å². The third kappa shape index (κ3) is 4.19. The lowest BCUT2D eigenvalue weighted by atomic mass is 10.1. The Morgan fingerprint density at radius 1 is 0.864 bits per heavy atom. The van der Waals surface area contributed by atoms with Crippen molar-refractivity contribution in [1.82, 2.24) is 4.90 Å². The number of hydrogen-bond donors (Lipinski definition) is 0. The quantitative estimate of drug-likeness (QED) is 0.756. The molecule has 1 nitrogen and oxygen atoms in total. The van der Waals surface area contributed by atoms with Crippen LogP contribution < -0.4 is 0 Å². The highest BCUT2D eigenvalue weighted by atomic mass is 19.1. The Morgan fingerprint density at radius 2 is 1.45 bits per heavy atom. The zero-order valence-corrected chi connectivity index (χ0v) is 12.6. The number of likely N-dealkylation sites (tertiary alicyclic amines) is 1. The summed E-state index contributed by atoms with van der Waals surface area (Å²) < 4.78 is 13.1. The Balaban J connectivity index is 1.60. The van der Waals surface area contributed by atoms with Crippen LogP contribution in [0.4, 0.5) is 4.39 Å². The molecule has 0 radical (unpaired) electrons. The topological polar surface area (TPSA) is 3.24 Å². The van der Waals surface area contributed by atoms with Crippen LogP contribution in [0.1, 0.15) is 29.5 Å². The number of rotatable bonds is 2. The van der Waals surface area contributed by atoms with Crippen molar-refractivity contribution in [1.29, 1.82) is 0 Å². The zero-order chi connectivity index (χ0) is 15.2. The molecule has 1 heterocycles. The first-order chi connectivity index (χ1) is 10.8. The minimum atomic E-state index is -0.605. The normalized spacial score (nSPS) is 16.0. The average Bonchev–Trinajstić information content (AvgIpc) is 2.57. The third-order valence-electron chi connectivity index (χ3n) is 4.00. The molecule has 1 aliphatic rings. The van der Waals surface area contributed by atoms with Crippen molar-refractivity contribution in [3.63, 3.8) is 0 Å². The molecule has 112 valence electrons. The Bertz CT molecular complexity index is 644. The first-order valence-corrected chi connectivity index (χ1v) is 7.82. The summed E-state index contributed by atoms with van der Waals surface area (Å²) in [6.45, 7) is 2.62. The largest absolute Gasteiger partial charge is 0.299 e. The van der Waals surface area contributed by atoms with Gasteiger partial charge in [-0.05, 0) is 42.7 Å². The number of hydrogen-bond acceptors (Lipinski definition) is 1. The maximum absolute atomic E-state index is 13.1. The third-order valence-corrected chi connectivity index (χ3v) is 4.00. The van der Waals surface area contributed by atoms with E-state index in [9.17, 15) is 4.39 Å². The van der Waals surface area contributed by atoms with Gasteiger partial charge in [-0.3, -0.25) is 4.90 Å². The molecule has 0 amide bonds. The van der Waals surface area contributed by atoms with Crippen LogP contribution in [-0.4, -0.2) is 24.2 Å². The van der Waals surface area contributed by atoms with Crippen molar-refractivity contribution < 1.29 is 4.39 Å². The number of benzene rings is 2. The second-order valence-corrected chi connectivity index (χ2v) is 5.76. The first-order valence-electron chi connectivity index (χ1n) is 7.82. The minimum Gasteiger partial charge on any atom is -0.299 e. The lowest BCUT2D eigenvalue weighted by Gasteiger charge is -2.28. The van der Waals surface area contributed by atoms with Gasteiger partial charge in [0.15, 0.2) is 0 Å². The van der Waals surface area contributed by atoms with Gasteiger partial charge in [-0.2, -0.15) is 0 Å². The highest BCUT2D eigenvalue weighted by Gasteiger charge is 2.17. The second kappa shape index (κ2) is 7.24. The van der Waals surface area contributed by atoms with Crippen LogP contribution in [-0.2, 0) is 6.54 Å². The molecule has 0 N–H and O–H groups in total. The fourth-order valence-electron chi connectivity index (χ4n) is 2.68. The van der Waals surface area contributed by atoms with E-state index in [2.05, 4.69) is 41.0 Å². The molecule has 0 spiro atoms. The van der Waals surface area contributed by atoms with Crippen molar-refractivity contribution >= 4 is 0 Å². The van der Waals surface area contributed by atoms with Gasteiger partial charge >= 0.3 is 0 Å². The van der Waals surface area contributed by atoms with Crippen LogP contribution in [0.5, 0.6) is 0 Å². The predicted molar refractivity (Wildman–Crippen MR) is 88.3 cm³/mol. The van der Waals surface area contributed by atoms with Gasteiger partial charge < -0.3 is 0 Å². The van der Waals surface area contributed by atoms with E-state index in [1.54, 1.807) is 0 Å². The molecule has 22 heavy (non-hydrogen) atoms. The maximum atomic E-state index is 13.1. The summed E-state index contributed by atoms with van der Waals surface area (Å²) in [4.78, 5) is 2.32. The molecule has 1 fully saturated rings. The molecule has 0 aromatic heterocycles. The van der Waals surface area contributed by atoms with Gasteiger partial charge in [0.25, 0.3) is 0 Å². The van der Waals surface area contributed by atoms with Gasteiger partial charge in [-0.15, -0.1) is 0 Å². The molecule has 2 heteroatoms. The van der Waals surface area contributed by atoms with Crippen molar-refractivity contribution in [2.45, 2.75) is 25.6 Å². The van der Waals surface area contributed by atoms with Crippen molar-refractivity contribution in [2.75, 3.05) is 13.1 Å².